The molecule has 1 atom stereocenters. The minimum atomic E-state index is -0.884. The molecule has 1 heterocycles. The van der Waals surface area contributed by atoms with E-state index in [0.717, 1.165) is 17.7 Å². The predicted octanol–water partition coefficient (Wildman–Crippen LogP) is 2.32. The molecule has 1 fully saturated rings. The zero-order valence-corrected chi connectivity index (χ0v) is 13.8. The maximum Gasteiger partial charge on any atom is 0.317 e. The highest BCUT2D eigenvalue weighted by Gasteiger charge is 2.36. The molecule has 1 saturated heterocycles. The molecule has 22 heavy (non-hydrogen) atoms. The lowest BCUT2D eigenvalue weighted by Crippen LogP contribution is -2.44. The number of benzene rings is 1. The van der Waals surface area contributed by atoms with Crippen molar-refractivity contribution in [1.29, 1.82) is 0 Å². The Morgan fingerprint density at radius 1 is 1.36 bits per heavy atom. The molecule has 0 saturated carbocycles. The number of carboxylic acids is 1. The van der Waals surface area contributed by atoms with Crippen molar-refractivity contribution in [2.75, 3.05) is 24.5 Å². The van der Waals surface area contributed by atoms with Crippen molar-refractivity contribution < 1.29 is 14.7 Å². The van der Waals surface area contributed by atoms with Gasteiger partial charge in [-0.05, 0) is 38.4 Å². The van der Waals surface area contributed by atoms with Gasteiger partial charge in [0.25, 0.3) is 0 Å². The summed E-state index contributed by atoms with van der Waals surface area (Å²) in [6.07, 6.45) is 1.52. The van der Waals surface area contributed by atoms with E-state index < -0.39 is 5.97 Å². The molecule has 5 nitrogen and oxygen atoms in total. The number of carboxylic acid groups (broad SMARTS) is 1. The first kappa shape index (κ1) is 18.5. The fraction of sp³-hybridized carbons (Fsp3) is 0.500. The van der Waals surface area contributed by atoms with Crippen molar-refractivity contribution in [1.82, 2.24) is 4.90 Å². The number of nitrogens with zero attached hydrogens (tertiary/aromatic N) is 2. The molecule has 0 aromatic heterocycles. The van der Waals surface area contributed by atoms with Gasteiger partial charge in [-0.15, -0.1) is 12.4 Å². The summed E-state index contributed by atoms with van der Waals surface area (Å²) in [6, 6.07) is 7.53. The topological polar surface area (TPSA) is 60.9 Å². The van der Waals surface area contributed by atoms with E-state index in [1.165, 1.54) is 0 Å². The van der Waals surface area contributed by atoms with Crippen LogP contribution in [0.25, 0.3) is 0 Å². The molecular formula is C16H23ClN2O3. The minimum Gasteiger partial charge on any atom is -0.480 e. The van der Waals surface area contributed by atoms with Crippen molar-refractivity contribution in [2.45, 2.75) is 32.7 Å². The molecule has 1 aliphatic rings. The fourth-order valence-corrected chi connectivity index (χ4v) is 2.79. The second-order valence-electron chi connectivity index (χ2n) is 5.49. The lowest BCUT2D eigenvalue weighted by Gasteiger charge is -2.25. The minimum absolute atomic E-state index is 0. The van der Waals surface area contributed by atoms with Crippen LogP contribution in [0, 0.1) is 6.92 Å². The van der Waals surface area contributed by atoms with Crippen molar-refractivity contribution in [3.05, 3.63) is 29.8 Å². The van der Waals surface area contributed by atoms with Gasteiger partial charge in [-0.3, -0.25) is 14.5 Å². The second kappa shape index (κ2) is 8.15. The monoisotopic (exact) mass is 326 g/mol. The van der Waals surface area contributed by atoms with Crippen LogP contribution in [0.15, 0.2) is 24.3 Å². The smallest absolute Gasteiger partial charge is 0.317 e. The molecular weight excluding hydrogens is 304 g/mol. The number of halogens is 1. The highest BCUT2D eigenvalue weighted by atomic mass is 35.5. The van der Waals surface area contributed by atoms with Gasteiger partial charge in [-0.1, -0.05) is 24.6 Å². The van der Waals surface area contributed by atoms with Crippen LogP contribution in [-0.2, 0) is 9.59 Å². The van der Waals surface area contributed by atoms with Crippen LogP contribution in [0.5, 0.6) is 0 Å². The fourth-order valence-electron chi connectivity index (χ4n) is 2.79. The van der Waals surface area contributed by atoms with E-state index >= 15 is 0 Å². The molecule has 1 aromatic rings. The number of carbonyl (C=O) groups excluding carboxylic acids is 1. The molecule has 0 spiro atoms. The molecule has 0 aliphatic carbocycles. The zero-order chi connectivity index (χ0) is 15.4. The van der Waals surface area contributed by atoms with E-state index in [4.69, 9.17) is 5.11 Å². The van der Waals surface area contributed by atoms with Crippen LogP contribution in [0.3, 0.4) is 0 Å². The number of aryl methyl sites for hydroxylation is 1. The van der Waals surface area contributed by atoms with Gasteiger partial charge >= 0.3 is 5.97 Å². The van der Waals surface area contributed by atoms with Crippen molar-refractivity contribution in [2.24, 2.45) is 0 Å². The van der Waals surface area contributed by atoms with Gasteiger partial charge in [0, 0.05) is 12.2 Å². The van der Waals surface area contributed by atoms with E-state index in [2.05, 4.69) is 0 Å². The molecule has 0 bridgehead atoms. The lowest BCUT2D eigenvalue weighted by atomic mass is 10.2. The van der Waals surface area contributed by atoms with Crippen LogP contribution < -0.4 is 4.90 Å². The Kier molecular flexibility index (Phi) is 6.84. The Morgan fingerprint density at radius 3 is 2.55 bits per heavy atom. The summed E-state index contributed by atoms with van der Waals surface area (Å²) in [5, 5.41) is 9.00. The summed E-state index contributed by atoms with van der Waals surface area (Å²) in [5.41, 5.74) is 2.04. The van der Waals surface area contributed by atoms with Crippen LogP contribution in [0.2, 0.25) is 0 Å². The number of aliphatic carboxylic acids is 1. The molecule has 6 heteroatoms. The van der Waals surface area contributed by atoms with Crippen molar-refractivity contribution >= 4 is 30.0 Å². The van der Waals surface area contributed by atoms with Gasteiger partial charge in [0.05, 0.1) is 12.6 Å². The average Bonchev–Trinajstić information content (AvgIpc) is 2.81. The summed E-state index contributed by atoms with van der Waals surface area (Å²) in [7, 11) is 0. The molecule has 1 amide bonds. The number of anilines is 1. The number of hydrogen-bond acceptors (Lipinski definition) is 3. The SMILES string of the molecule is CCCN(CC(=O)O)C1CCN(c2ccc(C)cc2)C1=O.Cl. The maximum absolute atomic E-state index is 12.6. The number of rotatable bonds is 6. The van der Waals surface area contributed by atoms with Crippen molar-refractivity contribution in [3.63, 3.8) is 0 Å². The van der Waals surface area contributed by atoms with E-state index in [9.17, 15) is 9.59 Å². The molecule has 1 aromatic carbocycles. The Hall–Kier alpha value is -1.59. The van der Waals surface area contributed by atoms with E-state index in [1.54, 1.807) is 9.80 Å². The third-order valence-electron chi connectivity index (χ3n) is 3.81. The van der Waals surface area contributed by atoms with Crippen LogP contribution in [0.1, 0.15) is 25.3 Å². The summed E-state index contributed by atoms with van der Waals surface area (Å²) >= 11 is 0. The Balaban J connectivity index is 0.00000242. The van der Waals surface area contributed by atoms with Gasteiger partial charge < -0.3 is 10.0 Å². The highest BCUT2D eigenvalue weighted by Crippen LogP contribution is 2.24. The molecule has 0 radical (unpaired) electrons. The largest absolute Gasteiger partial charge is 0.480 e. The predicted molar refractivity (Wildman–Crippen MR) is 88.7 cm³/mol. The first-order valence-corrected chi connectivity index (χ1v) is 7.36. The Morgan fingerprint density at radius 2 is 2.00 bits per heavy atom. The first-order chi connectivity index (χ1) is 10.0. The van der Waals surface area contributed by atoms with Gasteiger partial charge in [0.2, 0.25) is 5.91 Å². The summed E-state index contributed by atoms with van der Waals surface area (Å²) in [4.78, 5) is 27.1. The molecule has 1 N–H and O–H groups in total. The normalized spacial score (nSPS) is 17.7. The van der Waals surface area contributed by atoms with Crippen molar-refractivity contribution in [3.8, 4) is 0 Å². The molecule has 2 rings (SSSR count). The average molecular weight is 327 g/mol. The standard InChI is InChI=1S/C16H22N2O3.ClH/c1-3-9-17(11-15(19)20)14-8-10-18(16(14)21)13-6-4-12(2)5-7-13;/h4-7,14H,3,8-11H2,1-2H3,(H,19,20);1H. The summed E-state index contributed by atoms with van der Waals surface area (Å²) < 4.78 is 0. The van der Waals surface area contributed by atoms with E-state index in [-0.39, 0.29) is 30.9 Å². The lowest BCUT2D eigenvalue weighted by molar-refractivity contribution is -0.139. The van der Waals surface area contributed by atoms with Crippen LogP contribution >= 0.6 is 12.4 Å². The van der Waals surface area contributed by atoms with Gasteiger partial charge in [-0.2, -0.15) is 0 Å². The first-order valence-electron chi connectivity index (χ1n) is 7.36. The van der Waals surface area contributed by atoms with Gasteiger partial charge in [0.15, 0.2) is 0 Å². The third kappa shape index (κ3) is 4.21. The zero-order valence-electron chi connectivity index (χ0n) is 13.0. The van der Waals surface area contributed by atoms with Crippen LogP contribution in [-0.4, -0.2) is 47.6 Å². The molecule has 1 unspecified atom stereocenters. The number of carbonyl (C=O) groups is 2. The molecule has 1 aliphatic heterocycles. The quantitative estimate of drug-likeness (QED) is 0.871. The Bertz CT molecular complexity index is 519. The highest BCUT2D eigenvalue weighted by molar-refractivity contribution is 5.99. The third-order valence-corrected chi connectivity index (χ3v) is 3.81. The summed E-state index contributed by atoms with van der Waals surface area (Å²) in [6.45, 7) is 5.20. The van der Waals surface area contributed by atoms with Gasteiger partial charge in [0.1, 0.15) is 0 Å². The number of amides is 1. The second-order valence-corrected chi connectivity index (χ2v) is 5.49. The van der Waals surface area contributed by atoms with Gasteiger partial charge in [-0.25, -0.2) is 0 Å². The molecule has 122 valence electrons. The summed E-state index contributed by atoms with van der Waals surface area (Å²) in [5.74, 6) is -0.876. The van der Waals surface area contributed by atoms with Crippen LogP contribution in [0.4, 0.5) is 5.69 Å². The number of hydrogen-bond donors (Lipinski definition) is 1. The van der Waals surface area contributed by atoms with E-state index in [0.29, 0.717) is 19.5 Å². The Labute approximate surface area is 137 Å². The van der Waals surface area contributed by atoms with E-state index in [1.807, 2.05) is 38.1 Å². The maximum atomic E-state index is 12.6.